The molecule has 2 N–H and O–H groups in total. The van der Waals surface area contributed by atoms with Crippen molar-refractivity contribution in [3.8, 4) is 0 Å². The lowest BCUT2D eigenvalue weighted by molar-refractivity contribution is -0.127. The predicted octanol–water partition coefficient (Wildman–Crippen LogP) is 1.16. The van der Waals surface area contributed by atoms with Gasteiger partial charge in [-0.05, 0) is 24.6 Å². The molecule has 29 heavy (non-hydrogen) atoms. The molecule has 0 saturated carbocycles. The number of ether oxygens (including phenoxy) is 1. The van der Waals surface area contributed by atoms with E-state index in [-0.39, 0.29) is 37.4 Å². The lowest BCUT2D eigenvalue weighted by Gasteiger charge is -2.32. The Balaban J connectivity index is 1.78. The Morgan fingerprint density at radius 3 is 2.86 bits per heavy atom. The number of likely N-dealkylation sites (N-methyl/N-ethyl adjacent to an activating group) is 1. The van der Waals surface area contributed by atoms with Gasteiger partial charge in [-0.15, -0.1) is 0 Å². The van der Waals surface area contributed by atoms with Crippen LogP contribution in [0.5, 0.6) is 0 Å². The molecule has 4 amide bonds. The third-order valence-electron chi connectivity index (χ3n) is 5.03. The Labute approximate surface area is 168 Å². The van der Waals surface area contributed by atoms with Gasteiger partial charge in [0, 0.05) is 33.2 Å². The molecule has 0 bridgehead atoms. The lowest BCUT2D eigenvalue weighted by atomic mass is 9.95. The highest BCUT2D eigenvalue weighted by atomic mass is 19.1. The molecule has 0 saturated heterocycles. The van der Waals surface area contributed by atoms with Gasteiger partial charge in [-0.1, -0.05) is 12.1 Å². The van der Waals surface area contributed by atoms with Crippen LogP contribution < -0.4 is 10.6 Å². The van der Waals surface area contributed by atoms with Crippen LogP contribution in [0.1, 0.15) is 24.9 Å². The van der Waals surface area contributed by atoms with E-state index in [1.54, 1.807) is 24.1 Å². The molecule has 8 nitrogen and oxygen atoms in total. The maximum atomic E-state index is 13.7. The van der Waals surface area contributed by atoms with E-state index in [4.69, 9.17) is 4.74 Å². The fourth-order valence-corrected chi connectivity index (χ4v) is 3.62. The van der Waals surface area contributed by atoms with Gasteiger partial charge in [0.05, 0.1) is 30.5 Å². The number of amides is 4. The Bertz CT molecular complexity index is 842. The summed E-state index contributed by atoms with van der Waals surface area (Å²) in [5.41, 5.74) is 1.54. The van der Waals surface area contributed by atoms with Crippen LogP contribution in [0.25, 0.3) is 0 Å². The summed E-state index contributed by atoms with van der Waals surface area (Å²) < 4.78 is 18.6. The minimum absolute atomic E-state index is 0.147. The van der Waals surface area contributed by atoms with Crippen molar-refractivity contribution >= 4 is 17.8 Å². The average molecular weight is 404 g/mol. The highest BCUT2D eigenvalue weighted by Crippen LogP contribution is 2.36. The lowest BCUT2D eigenvalue weighted by Crippen LogP contribution is -2.47. The van der Waals surface area contributed by atoms with Crippen LogP contribution in [0.4, 0.5) is 9.18 Å². The third-order valence-corrected chi connectivity index (χ3v) is 5.03. The number of benzene rings is 1. The molecule has 9 heteroatoms. The molecule has 1 aromatic rings. The van der Waals surface area contributed by atoms with Crippen molar-refractivity contribution in [1.82, 2.24) is 20.4 Å². The maximum Gasteiger partial charge on any atom is 0.322 e. The zero-order chi connectivity index (χ0) is 21.0. The largest absolute Gasteiger partial charge is 0.383 e. The summed E-state index contributed by atoms with van der Waals surface area (Å²) in [4.78, 5) is 40.7. The van der Waals surface area contributed by atoms with Crippen molar-refractivity contribution in [2.45, 2.75) is 19.4 Å². The molecule has 2 heterocycles. The molecular formula is C20H25FN4O4. The molecule has 0 fully saturated rings. The van der Waals surface area contributed by atoms with Gasteiger partial charge in [0.25, 0.3) is 5.91 Å². The Morgan fingerprint density at radius 2 is 2.17 bits per heavy atom. The van der Waals surface area contributed by atoms with E-state index in [0.29, 0.717) is 36.5 Å². The number of urea groups is 1. The fourth-order valence-electron chi connectivity index (χ4n) is 3.62. The number of carbonyl (C=O) groups is 3. The molecule has 1 unspecified atom stereocenters. The monoisotopic (exact) mass is 404 g/mol. The average Bonchev–Trinajstić information content (AvgIpc) is 3.02. The van der Waals surface area contributed by atoms with Crippen LogP contribution in [0, 0.1) is 5.82 Å². The first-order chi connectivity index (χ1) is 14.0. The number of nitrogens with one attached hydrogen (secondary N) is 2. The van der Waals surface area contributed by atoms with E-state index in [0.717, 1.165) is 0 Å². The summed E-state index contributed by atoms with van der Waals surface area (Å²) in [5.74, 6) is -0.868. The molecular weight excluding hydrogens is 379 g/mol. The second-order valence-corrected chi connectivity index (χ2v) is 6.86. The summed E-state index contributed by atoms with van der Waals surface area (Å²) in [7, 11) is 1.55. The summed E-state index contributed by atoms with van der Waals surface area (Å²) >= 11 is 0. The van der Waals surface area contributed by atoms with E-state index in [9.17, 15) is 18.8 Å². The Morgan fingerprint density at radius 1 is 1.38 bits per heavy atom. The predicted molar refractivity (Wildman–Crippen MR) is 103 cm³/mol. The van der Waals surface area contributed by atoms with Crippen LogP contribution in [0.2, 0.25) is 0 Å². The smallest absolute Gasteiger partial charge is 0.322 e. The number of rotatable bonds is 8. The van der Waals surface area contributed by atoms with Gasteiger partial charge in [-0.2, -0.15) is 0 Å². The quantitative estimate of drug-likeness (QED) is 0.636. The van der Waals surface area contributed by atoms with Crippen molar-refractivity contribution in [3.05, 3.63) is 46.9 Å². The van der Waals surface area contributed by atoms with E-state index < -0.39 is 11.9 Å². The Hall–Kier alpha value is -2.94. The topological polar surface area (TPSA) is 91.0 Å². The molecule has 0 aliphatic carbocycles. The van der Waals surface area contributed by atoms with Crippen LogP contribution in [0.15, 0.2) is 35.5 Å². The summed E-state index contributed by atoms with van der Waals surface area (Å²) in [6, 6.07) is 4.81. The van der Waals surface area contributed by atoms with Gasteiger partial charge in [0.2, 0.25) is 5.91 Å². The minimum Gasteiger partial charge on any atom is -0.383 e. The van der Waals surface area contributed by atoms with E-state index >= 15 is 0 Å². The van der Waals surface area contributed by atoms with Gasteiger partial charge in [-0.25, -0.2) is 9.18 Å². The third kappa shape index (κ3) is 4.40. The van der Waals surface area contributed by atoms with Gasteiger partial charge in [0.1, 0.15) is 5.82 Å². The van der Waals surface area contributed by atoms with Gasteiger partial charge in [-0.3, -0.25) is 14.5 Å². The normalized spacial score (nSPS) is 18.8. The maximum absolute atomic E-state index is 13.7. The van der Waals surface area contributed by atoms with E-state index in [1.165, 1.54) is 17.0 Å². The molecule has 1 aromatic carbocycles. The highest BCUT2D eigenvalue weighted by Gasteiger charge is 2.43. The number of nitrogens with zero attached hydrogens (tertiary/aromatic N) is 2. The van der Waals surface area contributed by atoms with Crippen LogP contribution in [-0.2, 0) is 14.3 Å². The molecule has 2 aliphatic rings. The van der Waals surface area contributed by atoms with Crippen molar-refractivity contribution in [1.29, 1.82) is 0 Å². The first-order valence-corrected chi connectivity index (χ1v) is 9.57. The second kappa shape index (κ2) is 9.04. The second-order valence-electron chi connectivity index (χ2n) is 6.86. The van der Waals surface area contributed by atoms with Gasteiger partial charge < -0.3 is 20.3 Å². The summed E-state index contributed by atoms with van der Waals surface area (Å²) in [6.07, 6.45) is 0.147. The zero-order valence-corrected chi connectivity index (χ0v) is 16.5. The molecule has 2 aliphatic heterocycles. The number of carbonyl (C=O) groups excluding carboxylic acids is 3. The van der Waals surface area contributed by atoms with Crippen LogP contribution in [-0.4, -0.2) is 67.5 Å². The molecule has 156 valence electrons. The number of hydrogen-bond donors (Lipinski definition) is 2. The highest BCUT2D eigenvalue weighted by molar-refractivity contribution is 6.01. The van der Waals surface area contributed by atoms with E-state index in [2.05, 4.69) is 10.6 Å². The number of halogens is 1. The molecule has 1 atom stereocenters. The fraction of sp³-hybridized carbons (Fsp3) is 0.450. The standard InChI is InChI=1S/C20H25FN4O4/c1-3-25-15-12-24(9-7-16(26)22-8-10-29-2)19(27)17(15)18(23-20(25)28)13-5-4-6-14(21)11-13/h4-6,11,18H,3,7-10,12H2,1-2H3,(H,22,26)(H,23,28). The Kier molecular flexibility index (Phi) is 6.48. The van der Waals surface area contributed by atoms with Gasteiger partial charge >= 0.3 is 6.03 Å². The first-order valence-electron chi connectivity index (χ1n) is 9.57. The van der Waals surface area contributed by atoms with Crippen LogP contribution >= 0.6 is 0 Å². The van der Waals surface area contributed by atoms with Crippen molar-refractivity contribution in [2.24, 2.45) is 0 Å². The zero-order valence-electron chi connectivity index (χ0n) is 16.5. The van der Waals surface area contributed by atoms with Gasteiger partial charge in [0.15, 0.2) is 0 Å². The van der Waals surface area contributed by atoms with E-state index in [1.807, 2.05) is 6.92 Å². The minimum atomic E-state index is -0.718. The summed E-state index contributed by atoms with van der Waals surface area (Å²) in [6.45, 7) is 3.52. The first kappa shape index (κ1) is 20.8. The van der Waals surface area contributed by atoms with Crippen molar-refractivity contribution in [3.63, 3.8) is 0 Å². The molecule has 0 radical (unpaired) electrons. The van der Waals surface area contributed by atoms with Crippen molar-refractivity contribution < 1.29 is 23.5 Å². The molecule has 3 rings (SSSR count). The summed E-state index contributed by atoms with van der Waals surface area (Å²) in [5, 5.41) is 5.52. The molecule has 0 spiro atoms. The van der Waals surface area contributed by atoms with Crippen LogP contribution in [0.3, 0.4) is 0 Å². The number of hydrogen-bond acceptors (Lipinski definition) is 4. The number of methoxy groups -OCH3 is 1. The SMILES string of the molecule is CCN1C(=O)NC(c2cccc(F)c2)C2=C1CN(CCC(=O)NCCOC)C2=O. The molecule has 0 aromatic heterocycles. The van der Waals surface area contributed by atoms with Crippen molar-refractivity contribution in [2.75, 3.05) is 39.9 Å².